The Bertz CT molecular complexity index is 434. The van der Waals surface area contributed by atoms with Crippen LogP contribution in [-0.4, -0.2) is 29.6 Å². The maximum atomic E-state index is 12.0. The number of carbonyl (C=O) groups excluding carboxylic acids is 1. The summed E-state index contributed by atoms with van der Waals surface area (Å²) in [5.41, 5.74) is 6.43. The lowest BCUT2D eigenvalue weighted by molar-refractivity contribution is -0.142. The van der Waals surface area contributed by atoms with Crippen LogP contribution in [0.1, 0.15) is 25.3 Å². The van der Waals surface area contributed by atoms with Crippen molar-refractivity contribution in [1.82, 2.24) is 5.32 Å². The minimum absolute atomic E-state index is 0.233. The van der Waals surface area contributed by atoms with E-state index >= 15 is 0 Å². The number of aliphatic carboxylic acids is 1. The first-order chi connectivity index (χ1) is 9.58. The first-order valence-corrected chi connectivity index (χ1v) is 6.85. The van der Waals surface area contributed by atoms with Crippen molar-refractivity contribution in [1.29, 1.82) is 0 Å². The lowest BCUT2D eigenvalue weighted by Gasteiger charge is -2.19. The van der Waals surface area contributed by atoms with Gasteiger partial charge in [-0.25, -0.2) is 4.79 Å². The predicted molar refractivity (Wildman–Crippen MR) is 77.2 cm³/mol. The van der Waals surface area contributed by atoms with E-state index in [4.69, 9.17) is 5.73 Å². The van der Waals surface area contributed by atoms with Gasteiger partial charge in [0.15, 0.2) is 0 Å². The summed E-state index contributed by atoms with van der Waals surface area (Å²) in [5, 5.41) is 11.8. The van der Waals surface area contributed by atoms with Crippen LogP contribution < -0.4 is 11.1 Å². The van der Waals surface area contributed by atoms with Gasteiger partial charge in [0.2, 0.25) is 5.91 Å². The van der Waals surface area contributed by atoms with Gasteiger partial charge in [-0.15, -0.1) is 0 Å². The highest BCUT2D eigenvalue weighted by atomic mass is 16.4. The lowest BCUT2D eigenvalue weighted by Crippen LogP contribution is -2.46. The second-order valence-corrected chi connectivity index (χ2v) is 4.81. The summed E-state index contributed by atoms with van der Waals surface area (Å²) >= 11 is 0. The van der Waals surface area contributed by atoms with Gasteiger partial charge >= 0.3 is 5.97 Å². The van der Waals surface area contributed by atoms with Gasteiger partial charge in [0, 0.05) is 13.0 Å². The SMILES string of the molecule is CCCC(CN)C(=O)N[C@@H](Cc1ccccc1)C(=O)O. The summed E-state index contributed by atoms with van der Waals surface area (Å²) in [7, 11) is 0. The zero-order valence-corrected chi connectivity index (χ0v) is 11.7. The third-order valence-electron chi connectivity index (χ3n) is 3.19. The van der Waals surface area contributed by atoms with E-state index in [2.05, 4.69) is 5.32 Å². The van der Waals surface area contributed by atoms with Crippen LogP contribution in [0, 0.1) is 5.92 Å². The molecule has 110 valence electrons. The molecule has 0 bridgehead atoms. The van der Waals surface area contributed by atoms with Gasteiger partial charge in [0.1, 0.15) is 6.04 Å². The fourth-order valence-electron chi connectivity index (χ4n) is 2.04. The molecule has 0 aromatic heterocycles. The molecular formula is C15H22N2O3. The third-order valence-corrected chi connectivity index (χ3v) is 3.19. The van der Waals surface area contributed by atoms with Crippen molar-refractivity contribution >= 4 is 11.9 Å². The van der Waals surface area contributed by atoms with Crippen molar-refractivity contribution in [2.75, 3.05) is 6.54 Å². The highest BCUT2D eigenvalue weighted by Crippen LogP contribution is 2.08. The minimum atomic E-state index is -1.03. The quantitative estimate of drug-likeness (QED) is 0.665. The van der Waals surface area contributed by atoms with Crippen LogP contribution in [0.15, 0.2) is 30.3 Å². The van der Waals surface area contributed by atoms with E-state index in [0.717, 1.165) is 12.0 Å². The largest absolute Gasteiger partial charge is 0.480 e. The fraction of sp³-hybridized carbons (Fsp3) is 0.467. The van der Waals surface area contributed by atoms with Crippen LogP contribution in [0.25, 0.3) is 0 Å². The van der Waals surface area contributed by atoms with Crippen molar-refractivity contribution in [3.05, 3.63) is 35.9 Å². The summed E-state index contributed by atoms with van der Waals surface area (Å²) in [6, 6.07) is 8.31. The maximum absolute atomic E-state index is 12.0. The van der Waals surface area contributed by atoms with Gasteiger partial charge in [-0.2, -0.15) is 0 Å². The van der Waals surface area contributed by atoms with E-state index in [1.54, 1.807) is 0 Å². The molecule has 0 spiro atoms. The van der Waals surface area contributed by atoms with Gasteiger partial charge < -0.3 is 16.2 Å². The highest BCUT2D eigenvalue weighted by molar-refractivity contribution is 5.85. The molecule has 20 heavy (non-hydrogen) atoms. The molecule has 0 aliphatic heterocycles. The Morgan fingerprint density at radius 1 is 1.30 bits per heavy atom. The van der Waals surface area contributed by atoms with E-state index in [9.17, 15) is 14.7 Å². The summed E-state index contributed by atoms with van der Waals surface area (Å²) < 4.78 is 0. The van der Waals surface area contributed by atoms with Gasteiger partial charge in [0.05, 0.1) is 5.92 Å². The number of benzene rings is 1. The van der Waals surface area contributed by atoms with Crippen molar-refractivity contribution in [3.63, 3.8) is 0 Å². The molecule has 2 atom stereocenters. The molecule has 0 aliphatic rings. The molecule has 0 saturated carbocycles. The summed E-state index contributed by atoms with van der Waals surface area (Å²) in [6.45, 7) is 2.20. The van der Waals surface area contributed by atoms with Crippen LogP contribution in [0.2, 0.25) is 0 Å². The molecule has 4 N–H and O–H groups in total. The molecule has 0 aliphatic carbocycles. The molecule has 0 saturated heterocycles. The molecule has 5 nitrogen and oxygen atoms in total. The zero-order chi connectivity index (χ0) is 15.0. The van der Waals surface area contributed by atoms with E-state index in [0.29, 0.717) is 6.42 Å². The molecule has 1 aromatic rings. The monoisotopic (exact) mass is 278 g/mol. The highest BCUT2D eigenvalue weighted by Gasteiger charge is 2.24. The summed E-state index contributed by atoms with van der Waals surface area (Å²) in [6.07, 6.45) is 1.77. The molecule has 0 heterocycles. The van der Waals surface area contributed by atoms with E-state index in [-0.39, 0.29) is 24.8 Å². The van der Waals surface area contributed by atoms with Gasteiger partial charge in [0.25, 0.3) is 0 Å². The Morgan fingerprint density at radius 2 is 1.95 bits per heavy atom. The number of nitrogens with two attached hydrogens (primary N) is 1. The minimum Gasteiger partial charge on any atom is -0.480 e. The molecule has 0 fully saturated rings. The molecule has 1 amide bonds. The zero-order valence-electron chi connectivity index (χ0n) is 11.7. The van der Waals surface area contributed by atoms with E-state index < -0.39 is 12.0 Å². The first-order valence-electron chi connectivity index (χ1n) is 6.85. The van der Waals surface area contributed by atoms with Gasteiger partial charge in [-0.1, -0.05) is 43.7 Å². The Hall–Kier alpha value is -1.88. The number of carbonyl (C=O) groups is 2. The normalized spacial score (nSPS) is 13.5. The molecular weight excluding hydrogens is 256 g/mol. The lowest BCUT2D eigenvalue weighted by atomic mass is 10.0. The van der Waals surface area contributed by atoms with Gasteiger partial charge in [-0.3, -0.25) is 4.79 Å². The van der Waals surface area contributed by atoms with Crippen molar-refractivity contribution in [3.8, 4) is 0 Å². The number of amides is 1. The Morgan fingerprint density at radius 3 is 2.45 bits per heavy atom. The van der Waals surface area contributed by atoms with Crippen LogP contribution >= 0.6 is 0 Å². The number of rotatable bonds is 8. The topological polar surface area (TPSA) is 92.4 Å². The fourth-order valence-corrected chi connectivity index (χ4v) is 2.04. The second kappa shape index (κ2) is 8.32. The van der Waals surface area contributed by atoms with Crippen LogP contribution in [-0.2, 0) is 16.0 Å². The molecule has 1 aromatic carbocycles. The predicted octanol–water partition coefficient (Wildman–Crippen LogP) is 1.17. The summed E-state index contributed by atoms with van der Waals surface area (Å²) in [4.78, 5) is 23.3. The summed E-state index contributed by atoms with van der Waals surface area (Å²) in [5.74, 6) is -1.63. The number of nitrogens with one attached hydrogen (secondary N) is 1. The van der Waals surface area contributed by atoms with Crippen molar-refractivity contribution in [2.24, 2.45) is 11.7 Å². The Balaban J connectivity index is 2.68. The second-order valence-electron chi connectivity index (χ2n) is 4.81. The Labute approximate surface area is 119 Å². The molecule has 0 radical (unpaired) electrons. The van der Waals surface area contributed by atoms with Crippen LogP contribution in [0.5, 0.6) is 0 Å². The average molecular weight is 278 g/mol. The first kappa shape index (κ1) is 16.2. The van der Waals surface area contributed by atoms with E-state index in [1.165, 1.54) is 0 Å². The van der Waals surface area contributed by atoms with E-state index in [1.807, 2.05) is 37.3 Å². The number of hydrogen-bond donors (Lipinski definition) is 3. The van der Waals surface area contributed by atoms with Crippen molar-refractivity contribution in [2.45, 2.75) is 32.2 Å². The molecule has 5 heteroatoms. The van der Waals surface area contributed by atoms with Gasteiger partial charge in [-0.05, 0) is 12.0 Å². The van der Waals surface area contributed by atoms with Crippen LogP contribution in [0.3, 0.4) is 0 Å². The third kappa shape index (κ3) is 5.01. The average Bonchev–Trinajstić information content (AvgIpc) is 2.44. The molecule has 1 rings (SSSR count). The standard InChI is InChI=1S/C15H22N2O3/c1-2-6-12(10-16)14(18)17-13(15(19)20)9-11-7-4-3-5-8-11/h3-5,7-8,12-13H,2,6,9-10,16H2,1H3,(H,17,18)(H,19,20)/t12?,13-/m0/s1. The smallest absolute Gasteiger partial charge is 0.326 e. The number of carboxylic acid groups (broad SMARTS) is 1. The Kier molecular flexibility index (Phi) is 6.73. The van der Waals surface area contributed by atoms with Crippen molar-refractivity contribution < 1.29 is 14.7 Å². The molecule has 1 unspecified atom stereocenters. The maximum Gasteiger partial charge on any atom is 0.326 e. The number of carboxylic acids is 1. The van der Waals surface area contributed by atoms with Crippen LogP contribution in [0.4, 0.5) is 0 Å². The number of hydrogen-bond acceptors (Lipinski definition) is 3.